The van der Waals surface area contributed by atoms with Gasteiger partial charge in [0.15, 0.2) is 0 Å². The van der Waals surface area contributed by atoms with Crippen LogP contribution in [0.5, 0.6) is 5.75 Å². The number of amides is 1. The summed E-state index contributed by atoms with van der Waals surface area (Å²) in [6.07, 6.45) is 0. The van der Waals surface area contributed by atoms with Gasteiger partial charge in [0.2, 0.25) is 5.91 Å². The number of carbonyl (C=O) groups is 1. The minimum Gasteiger partial charge on any atom is -0.496 e. The van der Waals surface area contributed by atoms with Gasteiger partial charge in [-0.3, -0.25) is 4.79 Å². The maximum Gasteiger partial charge on any atom is 0.250 e. The highest BCUT2D eigenvalue weighted by atomic mass is 35.5. The first-order chi connectivity index (χ1) is 10.0. The molecule has 2 rings (SSSR count). The van der Waals surface area contributed by atoms with Gasteiger partial charge in [-0.15, -0.1) is 0 Å². The van der Waals surface area contributed by atoms with Crippen molar-refractivity contribution in [2.24, 2.45) is 5.73 Å². The minimum absolute atomic E-state index is 0.295. The van der Waals surface area contributed by atoms with Gasteiger partial charge in [0.1, 0.15) is 5.75 Å². The number of benzene rings is 2. The summed E-state index contributed by atoms with van der Waals surface area (Å²) in [5.41, 5.74) is 13.6. The van der Waals surface area contributed by atoms with E-state index in [1.54, 1.807) is 31.4 Å². The summed E-state index contributed by atoms with van der Waals surface area (Å²) in [7, 11) is 1.60. The summed E-state index contributed by atoms with van der Waals surface area (Å²) in [5, 5.41) is 3.51. The van der Waals surface area contributed by atoms with Gasteiger partial charge in [-0.2, -0.15) is 0 Å². The Morgan fingerprint density at radius 3 is 2.67 bits per heavy atom. The first-order valence-electron chi connectivity index (χ1n) is 6.27. The Morgan fingerprint density at radius 1 is 1.29 bits per heavy atom. The lowest BCUT2D eigenvalue weighted by Gasteiger charge is -2.12. The fourth-order valence-electron chi connectivity index (χ4n) is 1.96. The van der Waals surface area contributed by atoms with Gasteiger partial charge in [-0.05, 0) is 36.4 Å². The van der Waals surface area contributed by atoms with E-state index in [0.717, 1.165) is 17.0 Å². The molecule has 0 fully saturated rings. The predicted molar refractivity (Wildman–Crippen MR) is 84.7 cm³/mol. The van der Waals surface area contributed by atoms with Gasteiger partial charge in [0.05, 0.1) is 17.7 Å². The molecule has 0 atom stereocenters. The van der Waals surface area contributed by atoms with E-state index in [2.05, 4.69) is 5.32 Å². The number of methoxy groups -OCH3 is 1. The van der Waals surface area contributed by atoms with Crippen molar-refractivity contribution in [3.63, 3.8) is 0 Å². The Labute approximate surface area is 127 Å². The van der Waals surface area contributed by atoms with Crippen LogP contribution in [0, 0.1) is 0 Å². The number of nitrogen functional groups attached to an aromatic ring is 1. The van der Waals surface area contributed by atoms with Gasteiger partial charge in [-0.25, -0.2) is 0 Å². The van der Waals surface area contributed by atoms with Crippen LogP contribution in [0.2, 0.25) is 5.02 Å². The number of carbonyl (C=O) groups excluding carboxylic acids is 1. The molecule has 5 nitrogen and oxygen atoms in total. The van der Waals surface area contributed by atoms with Crippen LogP contribution >= 0.6 is 11.6 Å². The largest absolute Gasteiger partial charge is 0.496 e. The molecule has 110 valence electrons. The maximum absolute atomic E-state index is 11.1. The third-order valence-electron chi connectivity index (χ3n) is 3.02. The van der Waals surface area contributed by atoms with E-state index < -0.39 is 5.91 Å². The predicted octanol–water partition coefficient (Wildman–Crippen LogP) is 2.64. The average molecular weight is 306 g/mol. The summed E-state index contributed by atoms with van der Waals surface area (Å²) in [5.74, 6) is 0.195. The zero-order valence-corrected chi connectivity index (χ0v) is 12.3. The van der Waals surface area contributed by atoms with E-state index in [1.165, 1.54) is 0 Å². The summed E-state index contributed by atoms with van der Waals surface area (Å²) in [6.45, 7) is 0.514. The van der Waals surface area contributed by atoms with E-state index in [1.807, 2.05) is 12.1 Å². The number of halogens is 1. The lowest BCUT2D eigenvalue weighted by atomic mass is 10.1. The molecule has 2 aromatic rings. The van der Waals surface area contributed by atoms with E-state index in [9.17, 15) is 4.79 Å². The first-order valence-corrected chi connectivity index (χ1v) is 6.64. The van der Waals surface area contributed by atoms with Crippen molar-refractivity contribution in [1.82, 2.24) is 0 Å². The minimum atomic E-state index is -0.552. The van der Waals surface area contributed by atoms with Crippen LogP contribution in [-0.2, 0) is 6.54 Å². The molecular formula is C15H16ClN3O2. The molecule has 0 aliphatic carbocycles. The summed E-state index contributed by atoms with van der Waals surface area (Å²) >= 11 is 6.00. The summed E-state index contributed by atoms with van der Waals surface area (Å²) in [6, 6.07) is 10.4. The highest BCUT2D eigenvalue weighted by molar-refractivity contribution is 6.34. The topological polar surface area (TPSA) is 90.4 Å². The highest BCUT2D eigenvalue weighted by Crippen LogP contribution is 2.24. The van der Waals surface area contributed by atoms with Crippen LogP contribution in [0.15, 0.2) is 36.4 Å². The number of rotatable bonds is 5. The molecule has 2 aromatic carbocycles. The molecule has 0 spiro atoms. The van der Waals surface area contributed by atoms with Crippen LogP contribution in [0.4, 0.5) is 11.4 Å². The Bertz CT molecular complexity index is 674. The maximum atomic E-state index is 11.1. The molecule has 0 bridgehead atoms. The second-order valence-electron chi connectivity index (χ2n) is 4.48. The fraction of sp³-hybridized carbons (Fsp3) is 0.133. The zero-order valence-electron chi connectivity index (χ0n) is 11.5. The quantitative estimate of drug-likeness (QED) is 0.741. The van der Waals surface area contributed by atoms with Crippen molar-refractivity contribution in [3.8, 4) is 5.75 Å². The number of nitrogens with two attached hydrogens (primary N) is 2. The van der Waals surface area contributed by atoms with E-state index in [4.69, 9.17) is 27.8 Å². The fourth-order valence-corrected chi connectivity index (χ4v) is 2.23. The van der Waals surface area contributed by atoms with Crippen molar-refractivity contribution in [2.45, 2.75) is 6.54 Å². The van der Waals surface area contributed by atoms with Crippen molar-refractivity contribution >= 4 is 28.9 Å². The number of hydrogen-bond acceptors (Lipinski definition) is 4. The third kappa shape index (κ3) is 3.58. The van der Waals surface area contributed by atoms with E-state index in [0.29, 0.717) is 22.8 Å². The molecule has 6 heteroatoms. The number of hydrogen-bond donors (Lipinski definition) is 3. The number of ether oxygens (including phenoxy) is 1. The Balaban J connectivity index is 2.15. The van der Waals surface area contributed by atoms with Gasteiger partial charge in [0.25, 0.3) is 0 Å². The van der Waals surface area contributed by atoms with Crippen molar-refractivity contribution in [2.75, 3.05) is 18.2 Å². The molecule has 0 unspecified atom stereocenters. The van der Waals surface area contributed by atoms with E-state index in [-0.39, 0.29) is 0 Å². The lowest BCUT2D eigenvalue weighted by molar-refractivity contribution is 0.100. The standard InChI is InChI=1S/C15H16ClN3O2/c1-21-14-5-2-10(17)6-9(14)8-19-11-3-4-12(15(18)20)13(16)7-11/h2-7,19H,8,17H2,1H3,(H2,18,20). The molecule has 1 amide bonds. The molecule has 5 N–H and O–H groups in total. The van der Waals surface area contributed by atoms with Crippen LogP contribution in [0.25, 0.3) is 0 Å². The molecule has 0 aliphatic rings. The molecule has 0 aromatic heterocycles. The average Bonchev–Trinajstić information content (AvgIpc) is 2.45. The van der Waals surface area contributed by atoms with Crippen LogP contribution in [0.3, 0.4) is 0 Å². The molecule has 0 aliphatic heterocycles. The number of anilines is 2. The van der Waals surface area contributed by atoms with Gasteiger partial charge >= 0.3 is 0 Å². The third-order valence-corrected chi connectivity index (χ3v) is 3.33. The van der Waals surface area contributed by atoms with Crippen LogP contribution in [0.1, 0.15) is 15.9 Å². The normalized spacial score (nSPS) is 10.2. The SMILES string of the molecule is COc1ccc(N)cc1CNc1ccc(C(N)=O)c(Cl)c1. The van der Waals surface area contributed by atoms with Crippen molar-refractivity contribution in [1.29, 1.82) is 0 Å². The van der Waals surface area contributed by atoms with Crippen molar-refractivity contribution in [3.05, 3.63) is 52.5 Å². The Hall–Kier alpha value is -2.40. The molecule has 21 heavy (non-hydrogen) atoms. The summed E-state index contributed by atoms with van der Waals surface area (Å²) < 4.78 is 5.28. The zero-order chi connectivity index (χ0) is 15.4. The Kier molecular flexibility index (Phi) is 4.55. The molecule has 0 saturated heterocycles. The first kappa shape index (κ1) is 15.0. The summed E-state index contributed by atoms with van der Waals surface area (Å²) in [4.78, 5) is 11.1. The second-order valence-corrected chi connectivity index (χ2v) is 4.89. The molecule has 0 saturated carbocycles. The van der Waals surface area contributed by atoms with Crippen LogP contribution < -0.4 is 21.5 Å². The van der Waals surface area contributed by atoms with Gasteiger partial charge < -0.3 is 21.5 Å². The second kappa shape index (κ2) is 6.37. The lowest BCUT2D eigenvalue weighted by Crippen LogP contribution is -2.11. The van der Waals surface area contributed by atoms with Crippen LogP contribution in [-0.4, -0.2) is 13.0 Å². The molecule has 0 heterocycles. The smallest absolute Gasteiger partial charge is 0.250 e. The monoisotopic (exact) mass is 305 g/mol. The van der Waals surface area contributed by atoms with Gasteiger partial charge in [0, 0.05) is 23.5 Å². The van der Waals surface area contributed by atoms with Gasteiger partial charge in [-0.1, -0.05) is 11.6 Å². The molecule has 0 radical (unpaired) electrons. The number of primary amides is 1. The number of nitrogens with one attached hydrogen (secondary N) is 1. The van der Waals surface area contributed by atoms with E-state index >= 15 is 0 Å². The highest BCUT2D eigenvalue weighted by Gasteiger charge is 2.08. The molecular weight excluding hydrogens is 290 g/mol. The van der Waals surface area contributed by atoms with Crippen molar-refractivity contribution < 1.29 is 9.53 Å². The Morgan fingerprint density at radius 2 is 2.05 bits per heavy atom.